The van der Waals surface area contributed by atoms with Gasteiger partial charge < -0.3 is 32.5 Å². The Morgan fingerprint density at radius 1 is 1.34 bits per heavy atom. The van der Waals surface area contributed by atoms with Crippen molar-refractivity contribution in [2.24, 2.45) is 27.5 Å². The molecule has 0 bridgehead atoms. The lowest BCUT2D eigenvalue weighted by Crippen LogP contribution is -2.64. The molecule has 9 N–H and O–H groups in total. The van der Waals surface area contributed by atoms with E-state index in [1.807, 2.05) is 0 Å². The van der Waals surface area contributed by atoms with Gasteiger partial charge in [0.05, 0.1) is 31.2 Å². The second-order valence-electron chi connectivity index (χ2n) is 9.12. The first-order valence-electron chi connectivity index (χ1n) is 12.0. The summed E-state index contributed by atoms with van der Waals surface area (Å²) in [6, 6.07) is -1.24. The van der Waals surface area contributed by atoms with Gasteiger partial charge in [-0.2, -0.15) is 23.4 Å². The van der Waals surface area contributed by atoms with Crippen molar-refractivity contribution in [2.45, 2.75) is 44.0 Å². The molecule has 4 rings (SSSR count). The number of aliphatic imine (C=N–C) groups is 1. The fourth-order valence-electron chi connectivity index (χ4n) is 3.89. The van der Waals surface area contributed by atoms with Gasteiger partial charge in [-0.1, -0.05) is 5.16 Å². The maximum Gasteiger partial charge on any atom is 0.362 e. The molecule has 1 saturated carbocycles. The zero-order chi connectivity index (χ0) is 29.9. The van der Waals surface area contributed by atoms with Crippen molar-refractivity contribution >= 4 is 56.1 Å². The smallest absolute Gasteiger partial charge is 0.362 e. The maximum atomic E-state index is 13.3. The lowest BCUT2D eigenvalue weighted by atomic mass is 9.84. The number of nitrogens with zero attached hydrogens (tertiary/aromatic N) is 7. The Balaban J connectivity index is 1.52. The van der Waals surface area contributed by atoms with Gasteiger partial charge in [0, 0.05) is 37.7 Å². The number of carboxylic acids is 1. The van der Waals surface area contributed by atoms with E-state index in [1.165, 1.54) is 11.6 Å². The number of carboxylic acid groups (broad SMARTS) is 1. The van der Waals surface area contributed by atoms with Gasteiger partial charge in [0.15, 0.2) is 22.6 Å². The number of ketones is 1. The number of aromatic nitrogens is 4. The number of hydrogen-bond acceptors (Lipinski definition) is 14. The molecule has 2 atom stereocenters. The summed E-state index contributed by atoms with van der Waals surface area (Å²) in [7, 11) is -4.98. The number of nitrogens with one attached hydrogen (secondary N) is 1. The van der Waals surface area contributed by atoms with E-state index in [1.54, 1.807) is 0 Å². The Hall–Kier alpha value is -4.21. The monoisotopic (exact) mass is 613 g/mol. The van der Waals surface area contributed by atoms with Crippen LogP contribution < -0.4 is 22.5 Å². The lowest BCUT2D eigenvalue weighted by Gasteiger charge is -2.43. The molecule has 1 aliphatic heterocycles. The van der Waals surface area contributed by atoms with E-state index in [4.69, 9.17) is 22.0 Å². The lowest BCUT2D eigenvalue weighted by molar-refractivity contribution is -0.153. The number of β-lactam (4-membered cyclic amide) rings is 1. The number of carbonyl (C=O) groups is 3. The van der Waals surface area contributed by atoms with Gasteiger partial charge in [-0.05, 0) is 0 Å². The molecular formula is C20H27N11O8S2. The zero-order valence-electron chi connectivity index (χ0n) is 21.3. The van der Waals surface area contributed by atoms with Crippen LogP contribution in [0.25, 0.3) is 0 Å². The fraction of sp³-hybridized carbons (Fsp3) is 0.500. The van der Waals surface area contributed by atoms with Crippen molar-refractivity contribution in [1.82, 2.24) is 29.6 Å². The minimum atomic E-state index is -4.98. The van der Waals surface area contributed by atoms with Crippen LogP contribution >= 0.6 is 11.3 Å². The maximum absolute atomic E-state index is 13.3. The molecule has 19 nitrogen and oxygen atoms in total. The normalized spacial score (nSPS) is 20.4. The summed E-state index contributed by atoms with van der Waals surface area (Å²) in [5.74, 6) is -4.19. The van der Waals surface area contributed by atoms with Crippen molar-refractivity contribution in [1.29, 1.82) is 0 Å². The number of amides is 1. The number of rotatable bonds is 14. The summed E-state index contributed by atoms with van der Waals surface area (Å²) in [5.41, 5.74) is 15.2. The second kappa shape index (κ2) is 11.7. The highest BCUT2D eigenvalue weighted by atomic mass is 32.2. The van der Waals surface area contributed by atoms with Gasteiger partial charge in [-0.25, -0.2) is 19.1 Å². The number of nitrogens with two attached hydrogens (primary N) is 3. The molecule has 0 unspecified atom stereocenters. The van der Waals surface area contributed by atoms with Crippen LogP contribution in [-0.4, -0.2) is 96.4 Å². The van der Waals surface area contributed by atoms with E-state index >= 15 is 0 Å². The van der Waals surface area contributed by atoms with Crippen LogP contribution in [0.3, 0.4) is 0 Å². The number of aliphatic carboxylic acids is 1. The number of nitrogen functional groups attached to an aromatic ring is 1. The minimum Gasteiger partial charge on any atom is -0.478 e. The molecule has 2 aromatic heterocycles. The molecule has 0 aromatic carbocycles. The molecule has 1 aliphatic carbocycles. The van der Waals surface area contributed by atoms with Gasteiger partial charge in [0.25, 0.3) is 0 Å². The third kappa shape index (κ3) is 6.75. The Labute approximate surface area is 236 Å². The Bertz CT molecular complexity index is 1500. The molecule has 0 spiro atoms. The molecule has 1 saturated heterocycles. The van der Waals surface area contributed by atoms with Crippen molar-refractivity contribution in [3.63, 3.8) is 0 Å². The predicted molar refractivity (Wildman–Crippen MR) is 141 cm³/mol. The molecule has 222 valence electrons. The highest BCUT2D eigenvalue weighted by molar-refractivity contribution is 7.84. The van der Waals surface area contributed by atoms with Gasteiger partial charge in [0.1, 0.15) is 11.4 Å². The van der Waals surface area contributed by atoms with E-state index in [-0.39, 0.29) is 52.7 Å². The number of oxime groups is 1. The predicted octanol–water partition coefficient (Wildman–Crippen LogP) is -2.69. The Morgan fingerprint density at radius 2 is 2.07 bits per heavy atom. The van der Waals surface area contributed by atoms with E-state index in [0.29, 0.717) is 18.8 Å². The number of hydrogen-bond donors (Lipinski definition) is 6. The van der Waals surface area contributed by atoms with Crippen molar-refractivity contribution < 1.29 is 37.3 Å². The summed E-state index contributed by atoms with van der Waals surface area (Å²) in [6.07, 6.45) is 1.14. The zero-order valence-corrected chi connectivity index (χ0v) is 22.9. The summed E-state index contributed by atoms with van der Waals surface area (Å²) in [5, 5.41) is 25.6. The standard InChI is InChI=1S/C20H27N11O8S2/c21-3-4-24-18(22)25-6-10-7-26-30(28-10)8-13-11(16(33)31(13)41(36,37)38)5-14(32)15(12-9-40-19(23)27-12)29-39-20(1-2-20)17(34)35/h7,9,11,13H,1-6,8,21H2,(H2,23,27)(H,34,35)(H3,22,24,25)(H,36,37,38)/b29-15-/t11-,13+/m0/s1. The third-order valence-corrected chi connectivity index (χ3v) is 7.81. The number of thiazole rings is 1. The molecular weight excluding hydrogens is 586 g/mol. The number of Topliss-reactive ketones (excluding diaryl/α,β-unsaturated/α-hetero) is 1. The second-order valence-corrected chi connectivity index (χ2v) is 11.3. The van der Waals surface area contributed by atoms with Crippen molar-refractivity contribution in [3.05, 3.63) is 23.0 Å². The largest absolute Gasteiger partial charge is 0.478 e. The average Bonchev–Trinajstić information content (AvgIpc) is 3.37. The van der Waals surface area contributed by atoms with Gasteiger partial charge >= 0.3 is 16.3 Å². The summed E-state index contributed by atoms with van der Waals surface area (Å²) < 4.78 is 33.7. The number of guanidine groups is 1. The first-order chi connectivity index (χ1) is 19.3. The van der Waals surface area contributed by atoms with E-state index in [0.717, 1.165) is 16.1 Å². The molecule has 2 aliphatic rings. The highest BCUT2D eigenvalue weighted by Crippen LogP contribution is 2.40. The van der Waals surface area contributed by atoms with E-state index in [2.05, 4.69) is 30.6 Å². The van der Waals surface area contributed by atoms with Crippen LogP contribution in [0, 0.1) is 5.92 Å². The first kappa shape index (κ1) is 29.8. The van der Waals surface area contributed by atoms with Crippen LogP contribution in [0.15, 0.2) is 21.7 Å². The van der Waals surface area contributed by atoms with Crippen LogP contribution in [0.2, 0.25) is 0 Å². The van der Waals surface area contributed by atoms with Crippen LogP contribution in [0.5, 0.6) is 0 Å². The van der Waals surface area contributed by atoms with E-state index < -0.39 is 51.9 Å². The van der Waals surface area contributed by atoms with Crippen LogP contribution in [-0.2, 0) is 42.6 Å². The number of carbonyl (C=O) groups excluding carboxylic acids is 2. The molecule has 0 radical (unpaired) electrons. The summed E-state index contributed by atoms with van der Waals surface area (Å²) in [4.78, 5) is 51.8. The van der Waals surface area contributed by atoms with Crippen molar-refractivity contribution in [3.8, 4) is 0 Å². The Kier molecular flexibility index (Phi) is 8.51. The molecule has 2 aromatic rings. The molecule has 3 heterocycles. The van der Waals surface area contributed by atoms with Gasteiger partial charge in [-0.15, -0.1) is 11.3 Å². The highest BCUT2D eigenvalue weighted by Gasteiger charge is 2.56. The molecule has 21 heteroatoms. The molecule has 2 fully saturated rings. The van der Waals surface area contributed by atoms with Crippen LogP contribution in [0.4, 0.5) is 5.13 Å². The quantitative estimate of drug-likeness (QED) is 0.0415. The summed E-state index contributed by atoms with van der Waals surface area (Å²) in [6.45, 7) is 0.494. The van der Waals surface area contributed by atoms with Crippen LogP contribution in [0.1, 0.15) is 30.7 Å². The molecule has 1 amide bonds. The SMILES string of the molecule is NCCNC(N)=NCc1cnn(C[C@@H]2[C@H](CC(=O)/C(=N\OC3(C(=O)O)CC3)c3csc(N)n3)C(=O)N2S(=O)(=O)O)n1. The first-order valence-corrected chi connectivity index (χ1v) is 14.3. The molecule has 41 heavy (non-hydrogen) atoms. The summed E-state index contributed by atoms with van der Waals surface area (Å²) >= 11 is 0.990. The van der Waals surface area contributed by atoms with E-state index in [9.17, 15) is 32.5 Å². The van der Waals surface area contributed by atoms with Crippen molar-refractivity contribution in [2.75, 3.05) is 18.8 Å². The number of anilines is 1. The van der Waals surface area contributed by atoms with Gasteiger partial charge in [0.2, 0.25) is 11.5 Å². The van der Waals surface area contributed by atoms with Gasteiger partial charge in [-0.3, -0.25) is 14.1 Å². The third-order valence-electron chi connectivity index (χ3n) is 6.18. The topological polar surface area (TPSA) is 297 Å². The Morgan fingerprint density at radius 3 is 2.66 bits per heavy atom. The average molecular weight is 614 g/mol. The fourth-order valence-corrected chi connectivity index (χ4v) is 5.36. The minimum absolute atomic E-state index is 0.00666.